The summed E-state index contributed by atoms with van der Waals surface area (Å²) in [5.74, 6) is -0.221. The number of hydrogen-bond donors (Lipinski definition) is 0. The molecule has 0 N–H and O–H groups in total. The van der Waals surface area contributed by atoms with Gasteiger partial charge in [-0.25, -0.2) is 9.07 Å². The summed E-state index contributed by atoms with van der Waals surface area (Å²) in [6.07, 6.45) is 1.85. The molecule has 0 bridgehead atoms. The molecule has 2 aromatic rings. The molecule has 84 valence electrons. The van der Waals surface area contributed by atoms with Gasteiger partial charge in [0.2, 0.25) is 0 Å². The zero-order chi connectivity index (χ0) is 11.5. The standard InChI is InChI=1S/C11H11BrFN3/c1-8-2-3-10(13)4-9(8)6-16-7-11(5-12)14-15-16/h2-4,7H,5-6H2,1H3. The molecule has 0 aliphatic heterocycles. The van der Waals surface area contributed by atoms with Gasteiger partial charge in [-0.3, -0.25) is 0 Å². The van der Waals surface area contributed by atoms with Gasteiger partial charge in [-0.15, -0.1) is 5.10 Å². The van der Waals surface area contributed by atoms with Gasteiger partial charge in [-0.2, -0.15) is 0 Å². The highest BCUT2D eigenvalue weighted by molar-refractivity contribution is 9.08. The summed E-state index contributed by atoms with van der Waals surface area (Å²) in [4.78, 5) is 0. The number of rotatable bonds is 3. The lowest BCUT2D eigenvalue weighted by atomic mass is 10.1. The molecule has 0 aliphatic carbocycles. The normalized spacial score (nSPS) is 10.7. The van der Waals surface area contributed by atoms with E-state index in [1.807, 2.05) is 13.1 Å². The first-order valence-corrected chi connectivity index (χ1v) is 6.01. The quantitative estimate of drug-likeness (QED) is 0.811. The molecule has 5 heteroatoms. The molecule has 0 radical (unpaired) electrons. The summed E-state index contributed by atoms with van der Waals surface area (Å²) in [6.45, 7) is 2.50. The predicted molar refractivity (Wildman–Crippen MR) is 62.9 cm³/mol. The van der Waals surface area contributed by atoms with Gasteiger partial charge < -0.3 is 0 Å². The van der Waals surface area contributed by atoms with Crippen molar-refractivity contribution >= 4 is 15.9 Å². The Kier molecular flexibility index (Phi) is 3.33. The molecule has 0 saturated heterocycles. The van der Waals surface area contributed by atoms with Crippen molar-refractivity contribution in [2.24, 2.45) is 0 Å². The minimum absolute atomic E-state index is 0.221. The van der Waals surface area contributed by atoms with Crippen LogP contribution in [0.3, 0.4) is 0 Å². The number of nitrogens with zero attached hydrogens (tertiary/aromatic N) is 3. The van der Waals surface area contributed by atoms with Crippen LogP contribution in [0.25, 0.3) is 0 Å². The summed E-state index contributed by atoms with van der Waals surface area (Å²) in [7, 11) is 0. The van der Waals surface area contributed by atoms with E-state index in [4.69, 9.17) is 0 Å². The molecule has 0 spiro atoms. The lowest BCUT2D eigenvalue weighted by molar-refractivity contribution is 0.612. The van der Waals surface area contributed by atoms with Gasteiger partial charge in [0.25, 0.3) is 0 Å². The zero-order valence-electron chi connectivity index (χ0n) is 8.82. The molecule has 0 saturated carbocycles. The average molecular weight is 284 g/mol. The van der Waals surface area contributed by atoms with Crippen molar-refractivity contribution in [1.82, 2.24) is 15.0 Å². The number of alkyl halides is 1. The molecule has 0 amide bonds. The second kappa shape index (κ2) is 4.74. The van der Waals surface area contributed by atoms with E-state index in [-0.39, 0.29) is 5.82 Å². The first kappa shape index (κ1) is 11.3. The average Bonchev–Trinajstić information content (AvgIpc) is 2.71. The van der Waals surface area contributed by atoms with E-state index < -0.39 is 0 Å². The van der Waals surface area contributed by atoms with E-state index in [1.165, 1.54) is 12.1 Å². The Morgan fingerprint density at radius 1 is 1.44 bits per heavy atom. The van der Waals surface area contributed by atoms with E-state index in [9.17, 15) is 4.39 Å². The maximum atomic E-state index is 13.1. The summed E-state index contributed by atoms with van der Waals surface area (Å²) >= 11 is 3.31. The largest absolute Gasteiger partial charge is 0.248 e. The Balaban J connectivity index is 2.22. The van der Waals surface area contributed by atoms with Crippen molar-refractivity contribution in [2.75, 3.05) is 0 Å². The smallest absolute Gasteiger partial charge is 0.123 e. The maximum absolute atomic E-state index is 13.1. The topological polar surface area (TPSA) is 30.7 Å². The van der Waals surface area contributed by atoms with E-state index >= 15 is 0 Å². The molecule has 1 heterocycles. The summed E-state index contributed by atoms with van der Waals surface area (Å²) in [5, 5.41) is 8.60. The summed E-state index contributed by atoms with van der Waals surface area (Å²) in [5.41, 5.74) is 2.84. The summed E-state index contributed by atoms with van der Waals surface area (Å²) in [6, 6.07) is 4.77. The zero-order valence-corrected chi connectivity index (χ0v) is 10.4. The highest BCUT2D eigenvalue weighted by atomic mass is 79.9. The molecule has 16 heavy (non-hydrogen) atoms. The maximum Gasteiger partial charge on any atom is 0.123 e. The Morgan fingerprint density at radius 2 is 2.25 bits per heavy atom. The third-order valence-corrected chi connectivity index (χ3v) is 2.94. The van der Waals surface area contributed by atoms with Crippen LogP contribution in [-0.4, -0.2) is 15.0 Å². The minimum Gasteiger partial charge on any atom is -0.248 e. The fourth-order valence-corrected chi connectivity index (χ4v) is 1.72. The van der Waals surface area contributed by atoms with Crippen LogP contribution >= 0.6 is 15.9 Å². The van der Waals surface area contributed by atoms with Gasteiger partial charge in [-0.1, -0.05) is 27.2 Å². The van der Waals surface area contributed by atoms with Gasteiger partial charge in [0, 0.05) is 11.5 Å². The van der Waals surface area contributed by atoms with Gasteiger partial charge in [0.1, 0.15) is 5.82 Å². The number of halogens is 2. The highest BCUT2D eigenvalue weighted by Crippen LogP contribution is 2.12. The second-order valence-corrected chi connectivity index (χ2v) is 4.17. The minimum atomic E-state index is -0.221. The van der Waals surface area contributed by atoms with Crippen LogP contribution in [0.5, 0.6) is 0 Å². The van der Waals surface area contributed by atoms with Crippen LogP contribution in [0.4, 0.5) is 4.39 Å². The molecule has 0 aliphatic rings. The molecule has 0 unspecified atom stereocenters. The molecule has 2 rings (SSSR count). The number of benzene rings is 1. The van der Waals surface area contributed by atoms with Crippen LogP contribution in [0.15, 0.2) is 24.4 Å². The van der Waals surface area contributed by atoms with E-state index in [0.717, 1.165) is 16.8 Å². The Labute approximate surface area is 101 Å². The van der Waals surface area contributed by atoms with Crippen molar-refractivity contribution in [3.8, 4) is 0 Å². The summed E-state index contributed by atoms with van der Waals surface area (Å²) < 4.78 is 14.8. The Morgan fingerprint density at radius 3 is 2.94 bits per heavy atom. The predicted octanol–water partition coefficient (Wildman–Crippen LogP) is 2.67. The lowest BCUT2D eigenvalue weighted by Crippen LogP contribution is -2.02. The van der Waals surface area contributed by atoms with Crippen molar-refractivity contribution in [3.63, 3.8) is 0 Å². The van der Waals surface area contributed by atoms with E-state index in [1.54, 1.807) is 10.7 Å². The first-order chi connectivity index (χ1) is 7.69. The molecule has 1 aromatic heterocycles. The van der Waals surface area contributed by atoms with Crippen molar-refractivity contribution < 1.29 is 4.39 Å². The fraction of sp³-hybridized carbons (Fsp3) is 0.273. The van der Waals surface area contributed by atoms with Crippen molar-refractivity contribution in [1.29, 1.82) is 0 Å². The van der Waals surface area contributed by atoms with Gasteiger partial charge in [-0.05, 0) is 30.2 Å². The SMILES string of the molecule is Cc1ccc(F)cc1Cn1cc(CBr)nn1. The molecule has 0 atom stereocenters. The number of aromatic nitrogens is 3. The second-order valence-electron chi connectivity index (χ2n) is 3.61. The van der Waals surface area contributed by atoms with Gasteiger partial charge in [0.15, 0.2) is 0 Å². The first-order valence-electron chi connectivity index (χ1n) is 4.89. The van der Waals surface area contributed by atoms with Gasteiger partial charge >= 0.3 is 0 Å². The number of hydrogen-bond acceptors (Lipinski definition) is 2. The molecule has 0 fully saturated rings. The Bertz CT molecular complexity index is 496. The Hall–Kier alpha value is -1.23. The van der Waals surface area contributed by atoms with Crippen LogP contribution < -0.4 is 0 Å². The molecular formula is C11H11BrFN3. The number of aryl methyl sites for hydroxylation is 1. The van der Waals surface area contributed by atoms with Gasteiger partial charge in [0.05, 0.1) is 12.2 Å². The fourth-order valence-electron chi connectivity index (χ4n) is 1.46. The van der Waals surface area contributed by atoms with Crippen LogP contribution in [-0.2, 0) is 11.9 Å². The van der Waals surface area contributed by atoms with Crippen LogP contribution in [0.1, 0.15) is 16.8 Å². The third-order valence-electron chi connectivity index (χ3n) is 2.37. The van der Waals surface area contributed by atoms with Crippen molar-refractivity contribution in [2.45, 2.75) is 18.8 Å². The van der Waals surface area contributed by atoms with Crippen LogP contribution in [0, 0.1) is 12.7 Å². The lowest BCUT2D eigenvalue weighted by Gasteiger charge is -2.05. The monoisotopic (exact) mass is 283 g/mol. The van der Waals surface area contributed by atoms with E-state index in [0.29, 0.717) is 11.9 Å². The molecular weight excluding hydrogens is 273 g/mol. The molecule has 3 nitrogen and oxygen atoms in total. The van der Waals surface area contributed by atoms with Crippen LogP contribution in [0.2, 0.25) is 0 Å². The highest BCUT2D eigenvalue weighted by Gasteiger charge is 2.04. The van der Waals surface area contributed by atoms with Crippen molar-refractivity contribution in [3.05, 3.63) is 47.0 Å². The molecule has 1 aromatic carbocycles. The third kappa shape index (κ3) is 2.47. The van der Waals surface area contributed by atoms with E-state index in [2.05, 4.69) is 26.2 Å².